The zero-order valence-corrected chi connectivity index (χ0v) is 19.3. The molecule has 0 saturated carbocycles. The van der Waals surface area contributed by atoms with E-state index in [9.17, 15) is 14.4 Å². The van der Waals surface area contributed by atoms with Gasteiger partial charge in [0.1, 0.15) is 6.04 Å². The number of amides is 1. The topological polar surface area (TPSA) is 143 Å². The van der Waals surface area contributed by atoms with Crippen LogP contribution in [0.25, 0.3) is 0 Å². The van der Waals surface area contributed by atoms with Gasteiger partial charge in [-0.2, -0.15) is 5.26 Å². The van der Waals surface area contributed by atoms with Crippen LogP contribution in [0.2, 0.25) is 0 Å². The average Bonchev–Trinajstić information content (AvgIpc) is 3.24. The minimum Gasteiger partial charge on any atom is -0.478 e. The third kappa shape index (κ3) is 10.3. The molecule has 1 aliphatic heterocycles. The van der Waals surface area contributed by atoms with Gasteiger partial charge in [0.05, 0.1) is 12.6 Å². The third-order valence-electron chi connectivity index (χ3n) is 4.63. The van der Waals surface area contributed by atoms with Crippen molar-refractivity contribution in [2.45, 2.75) is 43.2 Å². The second-order valence-corrected chi connectivity index (χ2v) is 8.58. The minimum absolute atomic E-state index is 0.0106. The van der Waals surface area contributed by atoms with Crippen LogP contribution in [-0.4, -0.2) is 70.4 Å². The molecule has 1 aromatic rings. The lowest BCUT2D eigenvalue weighted by atomic mass is 10.1. The Morgan fingerprint density at radius 2 is 1.81 bits per heavy atom. The Kier molecular flexibility index (Phi) is 11.3. The zero-order chi connectivity index (χ0) is 24.1. The molecule has 10 heteroatoms. The summed E-state index contributed by atoms with van der Waals surface area (Å²) in [6.07, 6.45) is 4.88. The smallest absolute Gasteiger partial charge is 0.328 e. The van der Waals surface area contributed by atoms with Gasteiger partial charge in [0, 0.05) is 41.4 Å². The summed E-state index contributed by atoms with van der Waals surface area (Å²) < 4.78 is 0. The second-order valence-electron chi connectivity index (χ2n) is 7.70. The van der Waals surface area contributed by atoms with E-state index in [2.05, 4.69) is 61.1 Å². The molecule has 1 aliphatic rings. The molecule has 0 spiro atoms. The van der Waals surface area contributed by atoms with Gasteiger partial charge in [-0.3, -0.25) is 4.79 Å². The Hall–Kier alpha value is -3.03. The van der Waals surface area contributed by atoms with Crippen molar-refractivity contribution in [1.82, 2.24) is 10.2 Å². The number of hydrogen-bond acceptors (Lipinski definition) is 7. The van der Waals surface area contributed by atoms with Crippen LogP contribution in [0.3, 0.4) is 0 Å². The van der Waals surface area contributed by atoms with E-state index in [1.807, 2.05) is 0 Å². The van der Waals surface area contributed by atoms with Crippen LogP contribution in [-0.2, 0) is 14.4 Å². The first-order valence-corrected chi connectivity index (χ1v) is 11.3. The molecule has 2 rings (SSSR count). The molecule has 1 amide bonds. The third-order valence-corrected chi connectivity index (χ3v) is 5.38. The summed E-state index contributed by atoms with van der Waals surface area (Å²) in [5.41, 5.74) is 0.841. The molecule has 9 nitrogen and oxygen atoms in total. The maximum Gasteiger partial charge on any atom is 0.328 e. The van der Waals surface area contributed by atoms with Gasteiger partial charge in [0.2, 0.25) is 5.91 Å². The van der Waals surface area contributed by atoms with Gasteiger partial charge in [-0.1, -0.05) is 0 Å². The number of likely N-dealkylation sites (tertiary alicyclic amines) is 1. The highest BCUT2D eigenvalue weighted by Gasteiger charge is 2.29. The highest BCUT2D eigenvalue weighted by atomic mass is 32.2. The number of carbonyl (C=O) groups is 3. The molecule has 1 fully saturated rings. The highest BCUT2D eigenvalue weighted by molar-refractivity contribution is 7.98. The number of hydrogen-bond donors (Lipinski definition) is 4. The highest BCUT2D eigenvalue weighted by Crippen LogP contribution is 2.18. The maximum atomic E-state index is 12.3. The van der Waals surface area contributed by atoms with Crippen molar-refractivity contribution >= 4 is 35.3 Å². The van der Waals surface area contributed by atoms with E-state index in [0.717, 1.165) is 18.5 Å². The quantitative estimate of drug-likeness (QED) is 0.321. The van der Waals surface area contributed by atoms with Crippen molar-refractivity contribution in [1.29, 1.82) is 5.26 Å². The number of nitrogens with one attached hydrogen (secondary N) is 2. The normalized spacial score (nSPS) is 15.6. The largest absolute Gasteiger partial charge is 0.478 e. The van der Waals surface area contributed by atoms with Crippen molar-refractivity contribution in [3.8, 4) is 6.07 Å². The van der Waals surface area contributed by atoms with E-state index in [-0.39, 0.29) is 24.0 Å². The van der Waals surface area contributed by atoms with Crippen LogP contribution in [0.15, 0.2) is 41.3 Å². The van der Waals surface area contributed by atoms with E-state index < -0.39 is 11.9 Å². The molecule has 174 valence electrons. The van der Waals surface area contributed by atoms with E-state index >= 15 is 0 Å². The molecule has 4 N–H and O–H groups in total. The van der Waals surface area contributed by atoms with Gasteiger partial charge >= 0.3 is 11.9 Å². The molecule has 1 saturated heterocycles. The molecular formula is C22H30N4O5S. The van der Waals surface area contributed by atoms with Crippen LogP contribution in [0.5, 0.6) is 0 Å². The molecule has 0 bridgehead atoms. The first-order valence-electron chi connectivity index (χ1n) is 10.0. The summed E-state index contributed by atoms with van der Waals surface area (Å²) in [7, 11) is 0. The number of aliphatic carboxylic acids is 2. The van der Waals surface area contributed by atoms with Crippen molar-refractivity contribution in [2.24, 2.45) is 0 Å². The fourth-order valence-electron chi connectivity index (χ4n) is 2.85. The lowest BCUT2D eigenvalue weighted by Gasteiger charge is -2.29. The van der Waals surface area contributed by atoms with Crippen molar-refractivity contribution in [3.05, 3.63) is 36.4 Å². The number of thioether (sulfide) groups is 1. The fraction of sp³-hybridized carbons (Fsp3) is 0.455. The number of nitrogens with zero attached hydrogens (tertiary/aromatic N) is 2. The van der Waals surface area contributed by atoms with E-state index in [1.54, 1.807) is 16.7 Å². The summed E-state index contributed by atoms with van der Waals surface area (Å²) in [4.78, 5) is 34.3. The van der Waals surface area contributed by atoms with Gasteiger partial charge in [0.15, 0.2) is 0 Å². The Morgan fingerprint density at radius 1 is 1.22 bits per heavy atom. The monoisotopic (exact) mass is 462 g/mol. The summed E-state index contributed by atoms with van der Waals surface area (Å²) in [5.74, 6) is -2.50. The van der Waals surface area contributed by atoms with E-state index in [0.29, 0.717) is 25.2 Å². The maximum absolute atomic E-state index is 12.3. The number of carbonyl (C=O) groups excluding carboxylic acids is 1. The molecule has 0 aromatic heterocycles. The predicted molar refractivity (Wildman–Crippen MR) is 124 cm³/mol. The summed E-state index contributed by atoms with van der Waals surface area (Å²) >= 11 is 1.72. The Balaban J connectivity index is 0.000000547. The van der Waals surface area contributed by atoms with Crippen LogP contribution in [0.4, 0.5) is 5.69 Å². The molecule has 1 heterocycles. The Labute approximate surface area is 192 Å². The van der Waals surface area contributed by atoms with Gasteiger partial charge in [-0.05, 0) is 57.2 Å². The van der Waals surface area contributed by atoms with Crippen molar-refractivity contribution < 1.29 is 24.6 Å². The van der Waals surface area contributed by atoms with Gasteiger partial charge in [-0.15, -0.1) is 11.8 Å². The van der Waals surface area contributed by atoms with Crippen LogP contribution < -0.4 is 10.6 Å². The van der Waals surface area contributed by atoms with Gasteiger partial charge in [-0.25, -0.2) is 9.59 Å². The number of rotatable bonds is 9. The zero-order valence-electron chi connectivity index (χ0n) is 18.5. The summed E-state index contributed by atoms with van der Waals surface area (Å²) in [6.45, 7) is 5.79. The Bertz CT molecular complexity index is 833. The SMILES string of the molecule is CSc1ccc(NCC(C)(C)NCC(=O)N2CCC[C@H]2C#N)cc1.O=C(O)/C=C/C(=O)O. The first-order chi connectivity index (χ1) is 15.1. The molecule has 32 heavy (non-hydrogen) atoms. The van der Waals surface area contributed by atoms with Crippen LogP contribution >= 0.6 is 11.8 Å². The molecule has 1 atom stereocenters. The molecule has 1 aromatic carbocycles. The van der Waals surface area contributed by atoms with Gasteiger partial charge in [0.25, 0.3) is 0 Å². The molecule has 0 radical (unpaired) electrons. The predicted octanol–water partition coefficient (Wildman–Crippen LogP) is 2.41. The first kappa shape index (κ1) is 27.0. The number of carboxylic acids is 2. The second kappa shape index (κ2) is 13.4. The molecule has 0 aliphatic carbocycles. The van der Waals surface area contributed by atoms with Crippen molar-refractivity contribution in [2.75, 3.05) is 31.2 Å². The van der Waals surface area contributed by atoms with E-state index in [1.165, 1.54) is 4.90 Å². The number of anilines is 1. The lowest BCUT2D eigenvalue weighted by Crippen LogP contribution is -2.50. The summed E-state index contributed by atoms with van der Waals surface area (Å²) in [5, 5.41) is 31.4. The van der Waals surface area contributed by atoms with Crippen LogP contribution in [0.1, 0.15) is 26.7 Å². The standard InChI is InChI=1S/C18H26N4OS.C4H4O4/c1-18(2,13-20-14-6-8-16(24-3)9-7-14)21-12-17(23)22-10-4-5-15(22)11-19;5-3(6)1-2-4(7)8/h6-9,15,20-21H,4-5,10,12-13H2,1-3H3;1-2H,(H,5,6)(H,7,8)/b;2-1+/t15-;/m0./s1. The molecule has 0 unspecified atom stereocenters. The number of nitriles is 1. The minimum atomic E-state index is -1.26. The fourth-order valence-corrected chi connectivity index (χ4v) is 3.26. The molecular weight excluding hydrogens is 432 g/mol. The average molecular weight is 463 g/mol. The van der Waals surface area contributed by atoms with Crippen molar-refractivity contribution in [3.63, 3.8) is 0 Å². The lowest BCUT2D eigenvalue weighted by molar-refractivity contribution is -0.134. The number of carboxylic acid groups (broad SMARTS) is 2. The summed E-state index contributed by atoms with van der Waals surface area (Å²) in [6, 6.07) is 10.3. The Morgan fingerprint density at radius 3 is 2.31 bits per heavy atom. The van der Waals surface area contributed by atoms with E-state index in [4.69, 9.17) is 15.5 Å². The number of benzene rings is 1. The van der Waals surface area contributed by atoms with Gasteiger partial charge < -0.3 is 25.7 Å². The van der Waals surface area contributed by atoms with Crippen LogP contribution in [0, 0.1) is 11.3 Å².